The zero-order valence-electron chi connectivity index (χ0n) is 9.96. The molecule has 0 bridgehead atoms. The SMILES string of the molecule is O=[N+]([O-])c1cc(OS(=O)(=O)c2ccccc2)ccc1O. The molecule has 0 aromatic heterocycles. The van der Waals surface area contributed by atoms with E-state index in [0.29, 0.717) is 0 Å². The molecule has 0 unspecified atom stereocenters. The summed E-state index contributed by atoms with van der Waals surface area (Å²) >= 11 is 0. The molecule has 0 amide bonds. The topological polar surface area (TPSA) is 107 Å². The van der Waals surface area contributed by atoms with Crippen LogP contribution in [0.15, 0.2) is 53.4 Å². The van der Waals surface area contributed by atoms with Crippen molar-refractivity contribution in [2.24, 2.45) is 0 Å². The zero-order valence-corrected chi connectivity index (χ0v) is 10.8. The monoisotopic (exact) mass is 295 g/mol. The molecule has 0 aliphatic rings. The Morgan fingerprint density at radius 1 is 1.10 bits per heavy atom. The van der Waals surface area contributed by atoms with Gasteiger partial charge in [-0.3, -0.25) is 10.1 Å². The molecule has 2 aromatic rings. The second-order valence-corrected chi connectivity index (χ2v) is 5.30. The zero-order chi connectivity index (χ0) is 14.8. The van der Waals surface area contributed by atoms with E-state index in [1.807, 2.05) is 0 Å². The molecule has 0 saturated heterocycles. The quantitative estimate of drug-likeness (QED) is 0.525. The predicted molar refractivity (Wildman–Crippen MR) is 69.0 cm³/mol. The van der Waals surface area contributed by atoms with Gasteiger partial charge in [0.1, 0.15) is 10.6 Å². The summed E-state index contributed by atoms with van der Waals surface area (Å²) in [7, 11) is -4.07. The van der Waals surface area contributed by atoms with E-state index in [2.05, 4.69) is 0 Å². The highest BCUT2D eigenvalue weighted by Gasteiger charge is 2.20. The number of nitrogens with zero attached hydrogens (tertiary/aromatic N) is 1. The van der Waals surface area contributed by atoms with Gasteiger partial charge in [-0.15, -0.1) is 0 Å². The molecule has 104 valence electrons. The fourth-order valence-corrected chi connectivity index (χ4v) is 2.41. The smallest absolute Gasteiger partial charge is 0.339 e. The van der Waals surface area contributed by atoms with Crippen molar-refractivity contribution in [2.75, 3.05) is 0 Å². The van der Waals surface area contributed by atoms with Crippen LogP contribution in [0.25, 0.3) is 0 Å². The van der Waals surface area contributed by atoms with Crippen molar-refractivity contribution in [3.8, 4) is 11.5 Å². The van der Waals surface area contributed by atoms with Crippen LogP contribution >= 0.6 is 0 Å². The van der Waals surface area contributed by atoms with Gasteiger partial charge >= 0.3 is 15.8 Å². The molecule has 0 aliphatic carbocycles. The Balaban J connectivity index is 2.36. The van der Waals surface area contributed by atoms with Gasteiger partial charge in [0.15, 0.2) is 5.75 Å². The minimum absolute atomic E-state index is 0.0734. The number of nitro benzene ring substituents is 1. The van der Waals surface area contributed by atoms with Crippen LogP contribution in [0.2, 0.25) is 0 Å². The van der Waals surface area contributed by atoms with E-state index < -0.39 is 26.5 Å². The largest absolute Gasteiger partial charge is 0.502 e. The van der Waals surface area contributed by atoms with Gasteiger partial charge in [0.25, 0.3) is 0 Å². The number of rotatable bonds is 4. The van der Waals surface area contributed by atoms with Crippen LogP contribution in [-0.2, 0) is 10.1 Å². The summed E-state index contributed by atoms with van der Waals surface area (Å²) in [6.07, 6.45) is 0. The summed E-state index contributed by atoms with van der Waals surface area (Å²) in [5.41, 5.74) is -0.634. The van der Waals surface area contributed by atoms with E-state index >= 15 is 0 Å². The first-order chi connectivity index (χ1) is 9.40. The molecule has 2 rings (SSSR count). The summed E-state index contributed by atoms with van der Waals surface area (Å²) in [5.74, 6) is -0.821. The van der Waals surface area contributed by atoms with Crippen molar-refractivity contribution in [1.29, 1.82) is 0 Å². The predicted octanol–water partition coefficient (Wildman–Crippen LogP) is 2.07. The highest BCUT2D eigenvalue weighted by molar-refractivity contribution is 7.87. The Hall–Kier alpha value is -2.61. The number of hydrogen-bond acceptors (Lipinski definition) is 6. The molecule has 0 heterocycles. The third-order valence-electron chi connectivity index (χ3n) is 2.38. The number of phenols is 1. The minimum Gasteiger partial charge on any atom is -0.502 e. The van der Waals surface area contributed by atoms with Gasteiger partial charge in [-0.05, 0) is 24.3 Å². The van der Waals surface area contributed by atoms with E-state index in [1.54, 1.807) is 6.07 Å². The molecule has 0 spiro atoms. The first kappa shape index (κ1) is 13.8. The van der Waals surface area contributed by atoms with Crippen molar-refractivity contribution < 1.29 is 22.6 Å². The van der Waals surface area contributed by atoms with Crippen molar-refractivity contribution in [1.82, 2.24) is 0 Å². The maximum absolute atomic E-state index is 11.9. The molecule has 1 N–H and O–H groups in total. The van der Waals surface area contributed by atoms with Crippen LogP contribution in [0.3, 0.4) is 0 Å². The maximum Gasteiger partial charge on any atom is 0.339 e. The van der Waals surface area contributed by atoms with Crippen LogP contribution in [0, 0.1) is 10.1 Å². The summed E-state index contributed by atoms with van der Waals surface area (Å²) in [5, 5.41) is 19.9. The summed E-state index contributed by atoms with van der Waals surface area (Å²) in [4.78, 5) is 9.74. The molecule has 0 atom stereocenters. The molecular formula is C12H9NO6S. The first-order valence-electron chi connectivity index (χ1n) is 5.37. The summed E-state index contributed by atoms with van der Waals surface area (Å²) < 4.78 is 28.6. The Morgan fingerprint density at radius 2 is 1.75 bits per heavy atom. The van der Waals surface area contributed by atoms with Gasteiger partial charge in [0, 0.05) is 0 Å². The average molecular weight is 295 g/mol. The van der Waals surface area contributed by atoms with Crippen molar-refractivity contribution in [3.63, 3.8) is 0 Å². The molecule has 0 aliphatic heterocycles. The molecule has 0 radical (unpaired) electrons. The van der Waals surface area contributed by atoms with E-state index in [-0.39, 0.29) is 10.6 Å². The van der Waals surface area contributed by atoms with E-state index in [0.717, 1.165) is 18.2 Å². The fraction of sp³-hybridized carbons (Fsp3) is 0. The second kappa shape index (κ2) is 5.17. The van der Waals surface area contributed by atoms with Crippen LogP contribution in [0.4, 0.5) is 5.69 Å². The van der Waals surface area contributed by atoms with E-state index in [9.17, 15) is 23.6 Å². The van der Waals surface area contributed by atoms with Crippen molar-refractivity contribution >= 4 is 15.8 Å². The lowest BCUT2D eigenvalue weighted by Gasteiger charge is -2.07. The Labute approximate surface area is 114 Å². The molecule has 0 fully saturated rings. The number of phenolic OH excluding ortho intramolecular Hbond substituents is 1. The van der Waals surface area contributed by atoms with Gasteiger partial charge in [-0.25, -0.2) is 0 Å². The van der Waals surface area contributed by atoms with Gasteiger partial charge < -0.3 is 9.29 Å². The molecule has 0 saturated carbocycles. The van der Waals surface area contributed by atoms with Crippen molar-refractivity contribution in [3.05, 3.63) is 58.6 Å². The minimum atomic E-state index is -4.07. The third kappa shape index (κ3) is 2.86. The second-order valence-electron chi connectivity index (χ2n) is 3.76. The molecule has 20 heavy (non-hydrogen) atoms. The summed E-state index contributed by atoms with van der Waals surface area (Å²) in [6.45, 7) is 0. The normalized spacial score (nSPS) is 11.0. The van der Waals surface area contributed by atoms with Gasteiger partial charge in [-0.1, -0.05) is 18.2 Å². The van der Waals surface area contributed by atoms with E-state index in [1.165, 1.54) is 24.3 Å². The molecule has 2 aromatic carbocycles. The Morgan fingerprint density at radius 3 is 2.35 bits per heavy atom. The Kier molecular flexibility index (Phi) is 3.57. The molecule has 7 nitrogen and oxygen atoms in total. The third-order valence-corrected chi connectivity index (χ3v) is 3.64. The number of aromatic hydroxyl groups is 1. The first-order valence-corrected chi connectivity index (χ1v) is 6.78. The lowest BCUT2D eigenvalue weighted by molar-refractivity contribution is -0.385. The van der Waals surface area contributed by atoms with Gasteiger partial charge in [0.05, 0.1) is 11.0 Å². The Bertz CT molecular complexity index is 742. The van der Waals surface area contributed by atoms with Crippen molar-refractivity contribution in [2.45, 2.75) is 4.90 Å². The van der Waals surface area contributed by atoms with Crippen LogP contribution in [-0.4, -0.2) is 18.4 Å². The lowest BCUT2D eigenvalue weighted by Crippen LogP contribution is -2.09. The van der Waals surface area contributed by atoms with E-state index in [4.69, 9.17) is 4.18 Å². The van der Waals surface area contributed by atoms with Gasteiger partial charge in [-0.2, -0.15) is 8.42 Å². The van der Waals surface area contributed by atoms with Crippen LogP contribution in [0.5, 0.6) is 11.5 Å². The molecular weight excluding hydrogens is 286 g/mol. The number of nitro groups is 1. The highest BCUT2D eigenvalue weighted by atomic mass is 32.2. The average Bonchev–Trinajstić information content (AvgIpc) is 2.41. The van der Waals surface area contributed by atoms with Crippen LogP contribution < -0.4 is 4.18 Å². The summed E-state index contributed by atoms with van der Waals surface area (Å²) in [6, 6.07) is 10.3. The molecule has 8 heteroatoms. The highest BCUT2D eigenvalue weighted by Crippen LogP contribution is 2.31. The van der Waals surface area contributed by atoms with Gasteiger partial charge in [0.2, 0.25) is 0 Å². The number of hydrogen-bond donors (Lipinski definition) is 1. The number of benzene rings is 2. The van der Waals surface area contributed by atoms with Crippen LogP contribution in [0.1, 0.15) is 0 Å². The standard InChI is InChI=1S/C12H9NO6S/c14-12-7-6-9(8-11(12)13(15)16)19-20(17,18)10-4-2-1-3-5-10/h1-8,14H. The maximum atomic E-state index is 11.9. The fourth-order valence-electron chi connectivity index (χ4n) is 1.46. The lowest BCUT2D eigenvalue weighted by atomic mass is 10.3.